The van der Waals surface area contributed by atoms with Gasteiger partial charge < -0.3 is 4.74 Å². The largest absolute Gasteiger partial charge is 0.478 e. The molecule has 1 heterocycles. The molecule has 1 atom stereocenters. The van der Waals surface area contributed by atoms with Crippen LogP contribution in [-0.4, -0.2) is 35.9 Å². The van der Waals surface area contributed by atoms with Crippen molar-refractivity contribution in [3.05, 3.63) is 66.2 Å². The molecule has 1 aliphatic heterocycles. The Labute approximate surface area is 137 Å². The first-order chi connectivity index (χ1) is 11.2. The molecule has 1 aliphatic rings. The van der Waals surface area contributed by atoms with Gasteiger partial charge in [-0.3, -0.25) is 9.69 Å². The number of ketones is 1. The second kappa shape index (κ2) is 6.97. The molecule has 0 aromatic heterocycles. The molecule has 3 heteroatoms. The molecule has 0 spiro atoms. The molecular weight excluding hydrogens is 286 g/mol. The van der Waals surface area contributed by atoms with Gasteiger partial charge in [0.15, 0.2) is 5.60 Å². The van der Waals surface area contributed by atoms with Crippen LogP contribution in [0, 0.1) is 0 Å². The molecule has 1 saturated heterocycles. The smallest absolute Gasteiger partial charge is 0.207 e. The van der Waals surface area contributed by atoms with E-state index in [1.165, 1.54) is 12.8 Å². The standard InChI is InChI=1S/C20H23NO2/c1-20(16-21-14-8-9-15-21,23-18-12-6-3-7-13-18)19(22)17-10-4-2-5-11-17/h2-7,10-13H,8-9,14-16H2,1H3/t20-/m1/s1. The van der Waals surface area contributed by atoms with Crippen molar-refractivity contribution in [2.75, 3.05) is 19.6 Å². The minimum atomic E-state index is -0.882. The molecule has 0 unspecified atom stereocenters. The summed E-state index contributed by atoms with van der Waals surface area (Å²) in [5.41, 5.74) is -0.183. The van der Waals surface area contributed by atoms with Gasteiger partial charge in [-0.1, -0.05) is 48.5 Å². The number of benzene rings is 2. The molecule has 120 valence electrons. The van der Waals surface area contributed by atoms with E-state index >= 15 is 0 Å². The highest BCUT2D eigenvalue weighted by Gasteiger charge is 2.38. The van der Waals surface area contributed by atoms with Gasteiger partial charge in [0.25, 0.3) is 0 Å². The number of hydrogen-bond donors (Lipinski definition) is 0. The zero-order chi connectivity index (χ0) is 16.1. The van der Waals surface area contributed by atoms with E-state index in [1.807, 2.05) is 67.6 Å². The summed E-state index contributed by atoms with van der Waals surface area (Å²) in [5.74, 6) is 0.771. The third kappa shape index (κ3) is 3.80. The minimum Gasteiger partial charge on any atom is -0.478 e. The lowest BCUT2D eigenvalue weighted by atomic mass is 9.93. The first-order valence-electron chi connectivity index (χ1n) is 8.24. The van der Waals surface area contributed by atoms with Gasteiger partial charge in [-0.05, 0) is 45.0 Å². The zero-order valence-electron chi connectivity index (χ0n) is 13.6. The van der Waals surface area contributed by atoms with E-state index in [-0.39, 0.29) is 5.78 Å². The first kappa shape index (κ1) is 15.8. The normalized spacial score (nSPS) is 17.6. The average molecular weight is 309 g/mol. The van der Waals surface area contributed by atoms with Gasteiger partial charge in [0, 0.05) is 12.1 Å². The highest BCUT2D eigenvalue weighted by atomic mass is 16.5. The van der Waals surface area contributed by atoms with Crippen LogP contribution in [0.2, 0.25) is 0 Å². The van der Waals surface area contributed by atoms with E-state index in [0.717, 1.165) is 18.8 Å². The molecule has 3 nitrogen and oxygen atoms in total. The average Bonchev–Trinajstić information content (AvgIpc) is 3.08. The SMILES string of the molecule is C[C@](CN1CCCC1)(Oc1ccccc1)C(=O)c1ccccc1. The summed E-state index contributed by atoms with van der Waals surface area (Å²) in [4.78, 5) is 15.4. The van der Waals surface area contributed by atoms with Gasteiger partial charge in [-0.25, -0.2) is 0 Å². The van der Waals surface area contributed by atoms with Crippen molar-refractivity contribution in [1.82, 2.24) is 4.90 Å². The van der Waals surface area contributed by atoms with E-state index in [0.29, 0.717) is 12.1 Å². The quantitative estimate of drug-likeness (QED) is 0.760. The Morgan fingerprint density at radius 2 is 1.57 bits per heavy atom. The molecule has 0 amide bonds. The van der Waals surface area contributed by atoms with Crippen LogP contribution in [0.5, 0.6) is 5.75 Å². The van der Waals surface area contributed by atoms with Crippen molar-refractivity contribution in [3.63, 3.8) is 0 Å². The number of rotatable bonds is 6. The lowest BCUT2D eigenvalue weighted by molar-refractivity contribution is 0.0377. The Kier molecular flexibility index (Phi) is 4.77. The summed E-state index contributed by atoms with van der Waals surface area (Å²) in [6.45, 7) is 4.61. The Balaban J connectivity index is 1.87. The molecule has 0 saturated carbocycles. The van der Waals surface area contributed by atoms with E-state index in [2.05, 4.69) is 4.90 Å². The number of carbonyl (C=O) groups is 1. The molecule has 2 aromatic carbocycles. The molecule has 0 aliphatic carbocycles. The lowest BCUT2D eigenvalue weighted by Crippen LogP contribution is -2.50. The van der Waals surface area contributed by atoms with Crippen molar-refractivity contribution >= 4 is 5.78 Å². The second-order valence-corrected chi connectivity index (χ2v) is 6.32. The monoisotopic (exact) mass is 309 g/mol. The fraction of sp³-hybridized carbons (Fsp3) is 0.350. The van der Waals surface area contributed by atoms with Crippen molar-refractivity contribution in [3.8, 4) is 5.75 Å². The third-order valence-corrected chi connectivity index (χ3v) is 4.33. The highest BCUT2D eigenvalue weighted by Crippen LogP contribution is 2.25. The van der Waals surface area contributed by atoms with Gasteiger partial charge in [-0.15, -0.1) is 0 Å². The van der Waals surface area contributed by atoms with E-state index in [4.69, 9.17) is 4.74 Å². The maximum absolute atomic E-state index is 13.1. The maximum atomic E-state index is 13.1. The summed E-state index contributed by atoms with van der Waals surface area (Å²) in [7, 11) is 0. The third-order valence-electron chi connectivity index (χ3n) is 4.33. The number of para-hydroxylation sites is 1. The van der Waals surface area contributed by atoms with Gasteiger partial charge in [0.2, 0.25) is 5.78 Å². The summed E-state index contributed by atoms with van der Waals surface area (Å²) >= 11 is 0. The molecule has 23 heavy (non-hydrogen) atoms. The zero-order valence-corrected chi connectivity index (χ0v) is 13.6. The van der Waals surface area contributed by atoms with Crippen LogP contribution in [-0.2, 0) is 0 Å². The summed E-state index contributed by atoms with van der Waals surface area (Å²) in [5, 5.41) is 0. The van der Waals surface area contributed by atoms with E-state index in [1.54, 1.807) is 0 Å². The number of hydrogen-bond acceptors (Lipinski definition) is 3. The lowest BCUT2D eigenvalue weighted by Gasteiger charge is -2.33. The Morgan fingerprint density at radius 3 is 2.17 bits per heavy atom. The van der Waals surface area contributed by atoms with E-state index < -0.39 is 5.60 Å². The fourth-order valence-electron chi connectivity index (χ4n) is 3.16. The topological polar surface area (TPSA) is 29.5 Å². The molecule has 2 aromatic rings. The van der Waals surface area contributed by atoms with Crippen molar-refractivity contribution in [2.24, 2.45) is 0 Å². The Morgan fingerprint density at radius 1 is 1.00 bits per heavy atom. The minimum absolute atomic E-state index is 0.0360. The molecule has 0 bridgehead atoms. The van der Waals surface area contributed by atoms with Crippen LogP contribution in [0.1, 0.15) is 30.1 Å². The molecule has 0 radical (unpaired) electrons. The number of Topliss-reactive ketones (excluding diaryl/α,β-unsaturated/α-hetero) is 1. The Hall–Kier alpha value is -2.13. The Bertz CT molecular complexity index is 635. The van der Waals surface area contributed by atoms with Gasteiger partial charge in [0.05, 0.1) is 0 Å². The van der Waals surface area contributed by atoms with Crippen LogP contribution < -0.4 is 4.74 Å². The van der Waals surface area contributed by atoms with Crippen molar-refractivity contribution in [2.45, 2.75) is 25.4 Å². The second-order valence-electron chi connectivity index (χ2n) is 6.32. The van der Waals surface area contributed by atoms with Crippen LogP contribution in [0.4, 0.5) is 0 Å². The van der Waals surface area contributed by atoms with Gasteiger partial charge in [-0.2, -0.15) is 0 Å². The summed E-state index contributed by atoms with van der Waals surface area (Å²) in [6, 6.07) is 19.0. The van der Waals surface area contributed by atoms with E-state index in [9.17, 15) is 4.79 Å². The summed E-state index contributed by atoms with van der Waals surface area (Å²) in [6.07, 6.45) is 2.39. The highest BCUT2D eigenvalue weighted by molar-refractivity contribution is 6.02. The molecule has 3 rings (SSSR count). The van der Waals surface area contributed by atoms with Crippen LogP contribution in [0.25, 0.3) is 0 Å². The van der Waals surface area contributed by atoms with Gasteiger partial charge >= 0.3 is 0 Å². The van der Waals surface area contributed by atoms with Crippen LogP contribution in [0.3, 0.4) is 0 Å². The fourth-order valence-corrected chi connectivity index (χ4v) is 3.16. The summed E-state index contributed by atoms with van der Waals surface area (Å²) < 4.78 is 6.19. The number of carbonyl (C=O) groups excluding carboxylic acids is 1. The first-order valence-corrected chi connectivity index (χ1v) is 8.24. The maximum Gasteiger partial charge on any atom is 0.207 e. The van der Waals surface area contributed by atoms with Crippen LogP contribution >= 0.6 is 0 Å². The molecular formula is C20H23NO2. The predicted molar refractivity (Wildman–Crippen MR) is 91.9 cm³/mol. The molecule has 1 fully saturated rings. The number of likely N-dealkylation sites (tertiary alicyclic amines) is 1. The predicted octanol–water partition coefficient (Wildman–Crippen LogP) is 3.80. The molecule has 0 N–H and O–H groups in total. The van der Waals surface area contributed by atoms with Crippen molar-refractivity contribution < 1.29 is 9.53 Å². The van der Waals surface area contributed by atoms with Crippen molar-refractivity contribution in [1.29, 1.82) is 0 Å². The van der Waals surface area contributed by atoms with Gasteiger partial charge in [0.1, 0.15) is 5.75 Å². The number of nitrogens with zero attached hydrogens (tertiary/aromatic N) is 1. The number of ether oxygens (including phenoxy) is 1. The van der Waals surface area contributed by atoms with Crippen LogP contribution in [0.15, 0.2) is 60.7 Å².